The number of benzene rings is 3. The molecule has 0 bridgehead atoms. The van der Waals surface area contributed by atoms with Crippen LogP contribution in [-0.2, 0) is 13.2 Å². The third-order valence-electron chi connectivity index (χ3n) is 3.97. The zero-order valence-corrected chi connectivity index (χ0v) is 17.0. The number of hydrogen-bond acceptors (Lipinski definition) is 3. The van der Waals surface area contributed by atoms with Gasteiger partial charge in [0.05, 0.1) is 7.11 Å². The van der Waals surface area contributed by atoms with Gasteiger partial charge in [0.1, 0.15) is 12.4 Å². The second-order valence-electron chi connectivity index (χ2n) is 5.87. The summed E-state index contributed by atoms with van der Waals surface area (Å²) in [6, 6.07) is 17.7. The maximum Gasteiger partial charge on any atom is 0.163 e. The van der Waals surface area contributed by atoms with Crippen LogP contribution >= 0.6 is 27.5 Å². The van der Waals surface area contributed by atoms with E-state index in [4.69, 9.17) is 21.1 Å². The Morgan fingerprint density at radius 1 is 1.00 bits per heavy atom. The Morgan fingerprint density at radius 3 is 2.37 bits per heavy atom. The lowest BCUT2D eigenvalue weighted by atomic mass is 10.2. The van der Waals surface area contributed by atoms with Crippen molar-refractivity contribution in [2.45, 2.75) is 13.2 Å². The molecule has 3 nitrogen and oxygen atoms in total. The average Bonchev–Trinajstić information content (AvgIpc) is 2.68. The van der Waals surface area contributed by atoms with Gasteiger partial charge >= 0.3 is 0 Å². The lowest BCUT2D eigenvalue weighted by molar-refractivity contribution is 0.284. The van der Waals surface area contributed by atoms with E-state index in [2.05, 4.69) is 21.2 Å². The van der Waals surface area contributed by atoms with Gasteiger partial charge < -0.3 is 14.8 Å². The van der Waals surface area contributed by atoms with Crippen LogP contribution in [-0.4, -0.2) is 7.11 Å². The highest BCUT2D eigenvalue weighted by atomic mass is 79.9. The second-order valence-corrected chi connectivity index (χ2v) is 7.19. The molecule has 27 heavy (non-hydrogen) atoms. The first kappa shape index (κ1) is 19.5. The van der Waals surface area contributed by atoms with Gasteiger partial charge in [0.25, 0.3) is 0 Å². The van der Waals surface area contributed by atoms with Crippen molar-refractivity contribution in [1.29, 1.82) is 0 Å². The molecule has 0 aliphatic heterocycles. The van der Waals surface area contributed by atoms with Crippen molar-refractivity contribution in [3.63, 3.8) is 0 Å². The number of halogens is 3. The molecule has 140 valence electrons. The van der Waals surface area contributed by atoms with E-state index in [1.54, 1.807) is 25.3 Å². The summed E-state index contributed by atoms with van der Waals surface area (Å²) >= 11 is 9.84. The van der Waals surface area contributed by atoms with Gasteiger partial charge in [-0.2, -0.15) is 0 Å². The van der Waals surface area contributed by atoms with Crippen LogP contribution in [0.25, 0.3) is 0 Å². The van der Waals surface area contributed by atoms with E-state index in [9.17, 15) is 4.39 Å². The lowest BCUT2D eigenvalue weighted by Gasteiger charge is -2.15. The molecule has 3 aromatic carbocycles. The van der Waals surface area contributed by atoms with Gasteiger partial charge in [-0.15, -0.1) is 0 Å². The molecule has 3 aromatic rings. The normalized spacial score (nSPS) is 10.5. The van der Waals surface area contributed by atoms with E-state index in [1.165, 1.54) is 12.1 Å². The van der Waals surface area contributed by atoms with Crippen LogP contribution in [0.1, 0.15) is 11.1 Å². The fraction of sp³-hybridized carbons (Fsp3) is 0.143. The number of rotatable bonds is 7. The van der Waals surface area contributed by atoms with E-state index in [0.29, 0.717) is 29.7 Å². The molecular formula is C21H18BrClFNO2. The SMILES string of the molecule is COc1cc(CNc2ccc(Br)cc2)c(Cl)cc1OCc1ccc(F)cc1. The fourth-order valence-electron chi connectivity index (χ4n) is 2.49. The van der Waals surface area contributed by atoms with Crippen LogP contribution in [0.2, 0.25) is 5.02 Å². The molecule has 0 radical (unpaired) electrons. The Hall–Kier alpha value is -2.24. The van der Waals surface area contributed by atoms with Gasteiger partial charge in [0, 0.05) is 27.8 Å². The van der Waals surface area contributed by atoms with E-state index in [0.717, 1.165) is 21.3 Å². The Balaban J connectivity index is 1.70. The van der Waals surface area contributed by atoms with Gasteiger partial charge in [0.2, 0.25) is 0 Å². The second kappa shape index (κ2) is 9.11. The molecule has 0 unspecified atom stereocenters. The molecule has 0 aliphatic carbocycles. The third-order valence-corrected chi connectivity index (χ3v) is 4.85. The first-order valence-electron chi connectivity index (χ1n) is 8.28. The zero-order chi connectivity index (χ0) is 19.2. The molecule has 1 N–H and O–H groups in total. The van der Waals surface area contributed by atoms with Crippen molar-refractivity contribution in [3.05, 3.63) is 87.1 Å². The highest BCUT2D eigenvalue weighted by Crippen LogP contribution is 2.34. The van der Waals surface area contributed by atoms with Crippen molar-refractivity contribution in [1.82, 2.24) is 0 Å². The number of anilines is 1. The number of methoxy groups -OCH3 is 1. The largest absolute Gasteiger partial charge is 0.493 e. The first-order chi connectivity index (χ1) is 13.0. The predicted molar refractivity (Wildman–Crippen MR) is 110 cm³/mol. The van der Waals surface area contributed by atoms with Gasteiger partial charge in [0.15, 0.2) is 11.5 Å². The van der Waals surface area contributed by atoms with E-state index >= 15 is 0 Å². The molecule has 0 saturated heterocycles. The fourth-order valence-corrected chi connectivity index (χ4v) is 2.98. The van der Waals surface area contributed by atoms with E-state index in [1.807, 2.05) is 30.3 Å². The maximum absolute atomic E-state index is 13.0. The zero-order valence-electron chi connectivity index (χ0n) is 14.6. The van der Waals surface area contributed by atoms with Gasteiger partial charge in [-0.05, 0) is 53.6 Å². The molecule has 0 aliphatic rings. The average molecular weight is 451 g/mol. The van der Waals surface area contributed by atoms with Crippen LogP contribution in [0.15, 0.2) is 65.1 Å². The monoisotopic (exact) mass is 449 g/mol. The molecular weight excluding hydrogens is 433 g/mol. The summed E-state index contributed by atoms with van der Waals surface area (Å²) in [6.07, 6.45) is 0. The van der Waals surface area contributed by atoms with Crippen molar-refractivity contribution in [2.24, 2.45) is 0 Å². The van der Waals surface area contributed by atoms with Gasteiger partial charge in [-0.25, -0.2) is 4.39 Å². The van der Waals surface area contributed by atoms with Crippen molar-refractivity contribution in [2.75, 3.05) is 12.4 Å². The third kappa shape index (κ3) is 5.37. The molecule has 6 heteroatoms. The van der Waals surface area contributed by atoms with Crippen molar-refractivity contribution >= 4 is 33.2 Å². The molecule has 0 atom stereocenters. The van der Waals surface area contributed by atoms with Gasteiger partial charge in [-0.1, -0.05) is 39.7 Å². The van der Waals surface area contributed by atoms with Crippen LogP contribution < -0.4 is 14.8 Å². The maximum atomic E-state index is 13.0. The predicted octanol–water partition coefficient (Wildman–Crippen LogP) is 6.44. The molecule has 0 aromatic heterocycles. The minimum absolute atomic E-state index is 0.276. The molecule has 0 heterocycles. The quantitative estimate of drug-likeness (QED) is 0.449. The van der Waals surface area contributed by atoms with Crippen LogP contribution in [0.3, 0.4) is 0 Å². The minimum atomic E-state index is -0.276. The Bertz CT molecular complexity index is 901. The minimum Gasteiger partial charge on any atom is -0.493 e. The Morgan fingerprint density at radius 2 is 1.70 bits per heavy atom. The summed E-state index contributed by atoms with van der Waals surface area (Å²) in [4.78, 5) is 0. The first-order valence-corrected chi connectivity index (χ1v) is 9.45. The summed E-state index contributed by atoms with van der Waals surface area (Å²) in [5.41, 5.74) is 2.74. The van der Waals surface area contributed by atoms with Crippen LogP contribution in [0.5, 0.6) is 11.5 Å². The summed E-state index contributed by atoms with van der Waals surface area (Å²) in [7, 11) is 1.58. The Kier molecular flexibility index (Phi) is 6.58. The van der Waals surface area contributed by atoms with Gasteiger partial charge in [-0.3, -0.25) is 0 Å². The lowest BCUT2D eigenvalue weighted by Crippen LogP contribution is -2.03. The van der Waals surface area contributed by atoms with Crippen molar-refractivity contribution in [3.8, 4) is 11.5 Å². The molecule has 3 rings (SSSR count). The smallest absolute Gasteiger partial charge is 0.163 e. The standard InChI is InChI=1S/C21H18BrClFNO2/c1-26-20-10-15(12-25-18-8-4-16(22)5-9-18)19(23)11-21(20)27-13-14-2-6-17(24)7-3-14/h2-11,25H,12-13H2,1H3. The molecule has 0 saturated carbocycles. The van der Waals surface area contributed by atoms with E-state index in [-0.39, 0.29) is 5.82 Å². The van der Waals surface area contributed by atoms with E-state index < -0.39 is 0 Å². The molecule has 0 amide bonds. The van der Waals surface area contributed by atoms with Crippen LogP contribution in [0.4, 0.5) is 10.1 Å². The summed E-state index contributed by atoms with van der Waals surface area (Å²) < 4.78 is 25.3. The number of hydrogen-bond donors (Lipinski definition) is 1. The number of ether oxygens (including phenoxy) is 2. The topological polar surface area (TPSA) is 30.5 Å². The summed E-state index contributed by atoms with van der Waals surface area (Å²) in [6.45, 7) is 0.846. The summed E-state index contributed by atoms with van der Waals surface area (Å²) in [5.74, 6) is 0.857. The highest BCUT2D eigenvalue weighted by molar-refractivity contribution is 9.10. The highest BCUT2D eigenvalue weighted by Gasteiger charge is 2.11. The van der Waals surface area contributed by atoms with Crippen molar-refractivity contribution < 1.29 is 13.9 Å². The molecule has 0 spiro atoms. The number of nitrogens with one attached hydrogen (secondary N) is 1. The summed E-state index contributed by atoms with van der Waals surface area (Å²) in [5, 5.41) is 3.90. The molecule has 0 fully saturated rings. The Labute approximate surface area is 171 Å². The van der Waals surface area contributed by atoms with Crippen LogP contribution in [0, 0.1) is 5.82 Å².